The molecule has 2 rings (SSSR count). The molecular formula is C19H21F2NO3. The highest BCUT2D eigenvalue weighted by Gasteiger charge is 2.41. The summed E-state index contributed by atoms with van der Waals surface area (Å²) in [5.74, 6) is -5.74. The largest absolute Gasteiger partial charge is 0.496 e. The Labute approximate surface area is 145 Å². The number of hydrogen-bond donors (Lipinski definition) is 2. The van der Waals surface area contributed by atoms with Crippen LogP contribution in [0.5, 0.6) is 5.75 Å². The fraction of sp³-hybridized carbons (Fsp3) is 0.316. The summed E-state index contributed by atoms with van der Waals surface area (Å²) in [7, 11) is 1.45. The van der Waals surface area contributed by atoms with Crippen LogP contribution in [0.1, 0.15) is 23.6 Å². The molecule has 134 valence electrons. The molecule has 0 aliphatic carbocycles. The van der Waals surface area contributed by atoms with Crippen molar-refractivity contribution in [1.29, 1.82) is 0 Å². The zero-order chi connectivity index (χ0) is 18.6. The summed E-state index contributed by atoms with van der Waals surface area (Å²) in [5.41, 5.74) is 2.56. The first-order valence-electron chi connectivity index (χ1n) is 7.91. The quantitative estimate of drug-likeness (QED) is 0.794. The highest BCUT2D eigenvalue weighted by Crippen LogP contribution is 2.38. The lowest BCUT2D eigenvalue weighted by Gasteiger charge is -2.18. The van der Waals surface area contributed by atoms with Gasteiger partial charge in [-0.25, -0.2) is 4.79 Å². The molecule has 0 aromatic heterocycles. The Hall–Kier alpha value is -2.47. The minimum Gasteiger partial charge on any atom is -0.496 e. The van der Waals surface area contributed by atoms with Gasteiger partial charge in [0.1, 0.15) is 5.75 Å². The average molecular weight is 349 g/mol. The fourth-order valence-electron chi connectivity index (χ4n) is 2.63. The van der Waals surface area contributed by atoms with Crippen LogP contribution in [0.4, 0.5) is 8.78 Å². The smallest absolute Gasteiger partial charge is 0.379 e. The predicted molar refractivity (Wildman–Crippen MR) is 92.1 cm³/mol. The Kier molecular flexibility index (Phi) is 5.74. The van der Waals surface area contributed by atoms with Gasteiger partial charge in [0.15, 0.2) is 0 Å². The van der Waals surface area contributed by atoms with Crippen molar-refractivity contribution in [3.63, 3.8) is 0 Å². The van der Waals surface area contributed by atoms with E-state index >= 15 is 0 Å². The van der Waals surface area contributed by atoms with Crippen molar-refractivity contribution in [2.45, 2.75) is 26.3 Å². The van der Waals surface area contributed by atoms with E-state index in [-0.39, 0.29) is 0 Å². The zero-order valence-corrected chi connectivity index (χ0v) is 14.4. The first-order valence-corrected chi connectivity index (χ1v) is 7.91. The zero-order valence-electron chi connectivity index (χ0n) is 14.4. The molecule has 0 bridgehead atoms. The average Bonchev–Trinajstić information content (AvgIpc) is 2.59. The molecule has 0 heterocycles. The third kappa shape index (κ3) is 3.96. The molecule has 0 fully saturated rings. The Balaban J connectivity index is 2.63. The summed E-state index contributed by atoms with van der Waals surface area (Å²) in [5, 5.41) is 12.0. The topological polar surface area (TPSA) is 58.6 Å². The number of carboxylic acids is 1. The number of carboxylic acid groups (broad SMARTS) is 1. The van der Waals surface area contributed by atoms with Gasteiger partial charge < -0.3 is 15.2 Å². The van der Waals surface area contributed by atoms with Crippen LogP contribution in [0.3, 0.4) is 0 Å². The fourth-order valence-corrected chi connectivity index (χ4v) is 2.63. The number of alkyl halides is 2. The number of ether oxygens (including phenoxy) is 1. The Morgan fingerprint density at radius 2 is 1.92 bits per heavy atom. The SMILES string of the molecule is CCNCc1cc(C)ccc1-c1cc(C(F)(F)C(=O)O)ccc1OC. The number of aryl methyl sites for hydroxylation is 1. The highest BCUT2D eigenvalue weighted by molar-refractivity contribution is 5.80. The number of methoxy groups -OCH3 is 1. The Morgan fingerprint density at radius 3 is 2.52 bits per heavy atom. The maximum absolute atomic E-state index is 13.9. The van der Waals surface area contributed by atoms with Crippen LogP contribution >= 0.6 is 0 Å². The molecule has 0 radical (unpaired) electrons. The van der Waals surface area contributed by atoms with E-state index in [1.165, 1.54) is 19.2 Å². The van der Waals surface area contributed by atoms with E-state index in [0.717, 1.165) is 29.3 Å². The van der Waals surface area contributed by atoms with E-state index < -0.39 is 17.5 Å². The molecule has 2 N–H and O–H groups in total. The van der Waals surface area contributed by atoms with E-state index in [4.69, 9.17) is 9.84 Å². The number of nitrogens with one attached hydrogen (secondary N) is 1. The van der Waals surface area contributed by atoms with Crippen molar-refractivity contribution < 1.29 is 23.4 Å². The number of aliphatic carboxylic acids is 1. The summed E-state index contributed by atoms with van der Waals surface area (Å²) >= 11 is 0. The van der Waals surface area contributed by atoms with Crippen LogP contribution in [0.25, 0.3) is 11.1 Å². The summed E-state index contributed by atoms with van der Waals surface area (Å²) in [6, 6.07) is 9.33. The van der Waals surface area contributed by atoms with Gasteiger partial charge >= 0.3 is 11.9 Å². The molecule has 0 spiro atoms. The lowest BCUT2D eigenvalue weighted by Crippen LogP contribution is -2.25. The molecule has 6 heteroatoms. The second-order valence-electron chi connectivity index (χ2n) is 5.74. The molecule has 0 saturated carbocycles. The summed E-state index contributed by atoms with van der Waals surface area (Å²) in [6.07, 6.45) is 0. The van der Waals surface area contributed by atoms with E-state index in [1.54, 1.807) is 0 Å². The van der Waals surface area contributed by atoms with Crippen LogP contribution in [-0.2, 0) is 17.3 Å². The lowest BCUT2D eigenvalue weighted by molar-refractivity contribution is -0.166. The third-order valence-electron chi connectivity index (χ3n) is 3.95. The van der Waals surface area contributed by atoms with Gasteiger partial charge in [0.05, 0.1) is 7.11 Å². The molecule has 2 aromatic carbocycles. The second kappa shape index (κ2) is 7.61. The van der Waals surface area contributed by atoms with Crippen molar-refractivity contribution in [2.24, 2.45) is 0 Å². The summed E-state index contributed by atoms with van der Waals surface area (Å²) in [4.78, 5) is 10.9. The first-order chi connectivity index (χ1) is 11.8. The molecule has 4 nitrogen and oxygen atoms in total. The van der Waals surface area contributed by atoms with Crippen LogP contribution < -0.4 is 10.1 Å². The molecule has 0 amide bonds. The van der Waals surface area contributed by atoms with E-state index in [0.29, 0.717) is 17.9 Å². The Bertz CT molecular complexity index is 775. The second-order valence-corrected chi connectivity index (χ2v) is 5.74. The minimum absolute atomic E-state index is 0.409. The molecule has 0 aliphatic rings. The van der Waals surface area contributed by atoms with Gasteiger partial charge in [-0.15, -0.1) is 0 Å². The van der Waals surface area contributed by atoms with E-state index in [1.807, 2.05) is 32.0 Å². The van der Waals surface area contributed by atoms with E-state index in [9.17, 15) is 13.6 Å². The molecule has 0 atom stereocenters. The maximum atomic E-state index is 13.9. The number of carbonyl (C=O) groups is 1. The maximum Gasteiger partial charge on any atom is 0.379 e. The monoisotopic (exact) mass is 349 g/mol. The van der Waals surface area contributed by atoms with Gasteiger partial charge in [0.2, 0.25) is 0 Å². The van der Waals surface area contributed by atoms with Crippen molar-refractivity contribution in [2.75, 3.05) is 13.7 Å². The van der Waals surface area contributed by atoms with Gasteiger partial charge in [-0.2, -0.15) is 8.78 Å². The summed E-state index contributed by atoms with van der Waals surface area (Å²) < 4.78 is 33.2. The van der Waals surface area contributed by atoms with Crippen LogP contribution in [0.15, 0.2) is 36.4 Å². The number of hydrogen-bond acceptors (Lipinski definition) is 3. The van der Waals surface area contributed by atoms with Gasteiger partial charge in [-0.1, -0.05) is 30.7 Å². The van der Waals surface area contributed by atoms with Gasteiger partial charge in [-0.05, 0) is 42.8 Å². The number of rotatable bonds is 7. The standard InChI is InChI=1S/C19H21F2NO3/c1-4-22-11-13-9-12(2)5-7-15(13)16-10-14(6-8-17(16)25-3)19(20,21)18(23)24/h5-10,22H,4,11H2,1-3H3,(H,23,24). The molecule has 0 saturated heterocycles. The lowest BCUT2D eigenvalue weighted by atomic mass is 9.94. The predicted octanol–water partition coefficient (Wildman–Crippen LogP) is 3.96. The molecule has 0 unspecified atom stereocenters. The number of halogens is 2. The van der Waals surface area contributed by atoms with Crippen molar-refractivity contribution in [3.05, 3.63) is 53.1 Å². The van der Waals surface area contributed by atoms with Crippen LogP contribution in [0, 0.1) is 6.92 Å². The van der Waals surface area contributed by atoms with Crippen molar-refractivity contribution in [3.8, 4) is 16.9 Å². The first kappa shape index (κ1) is 18.9. The van der Waals surface area contributed by atoms with Gasteiger partial charge in [0.25, 0.3) is 0 Å². The van der Waals surface area contributed by atoms with Crippen molar-refractivity contribution >= 4 is 5.97 Å². The van der Waals surface area contributed by atoms with Gasteiger partial charge in [0, 0.05) is 17.7 Å². The molecule has 0 aliphatic heterocycles. The van der Waals surface area contributed by atoms with Gasteiger partial charge in [-0.3, -0.25) is 0 Å². The van der Waals surface area contributed by atoms with Crippen LogP contribution in [-0.4, -0.2) is 24.7 Å². The summed E-state index contributed by atoms with van der Waals surface area (Å²) in [6.45, 7) is 5.26. The Morgan fingerprint density at radius 1 is 1.20 bits per heavy atom. The minimum atomic E-state index is -3.96. The van der Waals surface area contributed by atoms with Crippen LogP contribution in [0.2, 0.25) is 0 Å². The highest BCUT2D eigenvalue weighted by atomic mass is 19.3. The van der Waals surface area contributed by atoms with E-state index in [2.05, 4.69) is 5.32 Å². The molecule has 2 aromatic rings. The normalized spacial score (nSPS) is 11.4. The molecule has 25 heavy (non-hydrogen) atoms. The molecular weight excluding hydrogens is 328 g/mol. The van der Waals surface area contributed by atoms with Crippen molar-refractivity contribution in [1.82, 2.24) is 5.32 Å². The third-order valence-corrected chi connectivity index (χ3v) is 3.95. The number of benzene rings is 2.